The van der Waals surface area contributed by atoms with Gasteiger partial charge in [0.1, 0.15) is 0 Å². The predicted molar refractivity (Wildman–Crippen MR) is 142 cm³/mol. The van der Waals surface area contributed by atoms with Crippen LogP contribution in [-0.2, 0) is 17.4 Å². The third-order valence-corrected chi connectivity index (χ3v) is 8.11. The second-order valence-corrected chi connectivity index (χ2v) is 10.6. The minimum atomic E-state index is -4.59. The molecule has 2 aliphatic heterocycles. The van der Waals surface area contributed by atoms with Crippen LogP contribution in [0.15, 0.2) is 52.5 Å². The van der Waals surface area contributed by atoms with Gasteiger partial charge in [0, 0.05) is 30.5 Å². The van der Waals surface area contributed by atoms with Crippen LogP contribution in [0, 0.1) is 0 Å². The van der Waals surface area contributed by atoms with Gasteiger partial charge in [0.25, 0.3) is 5.91 Å². The maximum Gasteiger partial charge on any atom is 0.416 e. The molecule has 0 saturated carbocycles. The van der Waals surface area contributed by atoms with Crippen LogP contribution in [0.4, 0.5) is 13.2 Å². The molecule has 0 spiro atoms. The minimum Gasteiger partial charge on any atom is -0.353 e. The highest BCUT2D eigenvalue weighted by Crippen LogP contribution is 2.40. The van der Waals surface area contributed by atoms with Crippen molar-refractivity contribution in [1.29, 1.82) is 0 Å². The molecule has 0 unspecified atom stereocenters. The Hall–Kier alpha value is -2.82. The number of hydrogen-bond donors (Lipinski definition) is 1. The Morgan fingerprint density at radius 3 is 2.73 bits per heavy atom. The monoisotopic (exact) mass is 547 g/mol. The van der Waals surface area contributed by atoms with Gasteiger partial charge in [0.05, 0.1) is 22.2 Å². The Labute approximate surface area is 221 Å². The van der Waals surface area contributed by atoms with Gasteiger partial charge in [-0.2, -0.15) is 23.3 Å². The van der Waals surface area contributed by atoms with Crippen molar-refractivity contribution in [3.63, 3.8) is 0 Å². The summed E-state index contributed by atoms with van der Waals surface area (Å²) in [6.07, 6.45) is -0.666. The number of aromatic amines is 1. The van der Waals surface area contributed by atoms with Crippen LogP contribution in [0.3, 0.4) is 0 Å². The van der Waals surface area contributed by atoms with Gasteiger partial charge in [0.15, 0.2) is 5.17 Å². The van der Waals surface area contributed by atoms with Gasteiger partial charge < -0.3 is 9.80 Å². The SMILES string of the molecule is CN(CCN1CCCC1)C1=NC(=O)C(=C(Cc2ccc(Cl)cc2C(F)(F)F)c2ccc3[nH]ncc3c2)S1. The number of H-pyrrole nitrogens is 1. The molecular formula is C26H25ClF3N5OS. The van der Waals surface area contributed by atoms with Crippen LogP contribution in [0.5, 0.6) is 0 Å². The molecule has 37 heavy (non-hydrogen) atoms. The lowest BCUT2D eigenvalue weighted by Crippen LogP contribution is -2.33. The zero-order valence-electron chi connectivity index (χ0n) is 20.1. The number of halogens is 4. The number of aromatic nitrogens is 2. The number of rotatable bonds is 6. The Balaban J connectivity index is 1.50. The van der Waals surface area contributed by atoms with Gasteiger partial charge in [-0.1, -0.05) is 23.7 Å². The zero-order valence-corrected chi connectivity index (χ0v) is 21.7. The van der Waals surface area contributed by atoms with Gasteiger partial charge in [-0.05, 0) is 85.1 Å². The molecule has 3 heterocycles. The van der Waals surface area contributed by atoms with Gasteiger partial charge in [-0.3, -0.25) is 9.89 Å². The standard InChI is InChI=1S/C26H25ClF3N5OS/c1-34(10-11-35-8-2-3-9-35)25-32-24(36)23(37-25)20(16-5-7-22-18(12-16)15-31-33-22)13-17-4-6-19(27)14-21(17)26(28,29)30/h4-7,12,14-15H,2-3,8-11,13H2,1H3,(H,31,33). The van der Waals surface area contributed by atoms with Crippen LogP contribution in [-0.4, -0.2) is 64.3 Å². The van der Waals surface area contributed by atoms with Crippen molar-refractivity contribution in [2.45, 2.75) is 25.4 Å². The van der Waals surface area contributed by atoms with Gasteiger partial charge in [-0.25, -0.2) is 0 Å². The third kappa shape index (κ3) is 5.71. The van der Waals surface area contributed by atoms with Crippen LogP contribution >= 0.6 is 23.4 Å². The highest BCUT2D eigenvalue weighted by molar-refractivity contribution is 8.18. The molecule has 0 atom stereocenters. The molecule has 0 aliphatic carbocycles. The summed E-state index contributed by atoms with van der Waals surface area (Å²) in [5, 5.41) is 8.25. The number of nitrogens with zero attached hydrogens (tertiary/aromatic N) is 4. The van der Waals surface area contributed by atoms with E-state index in [0.29, 0.717) is 27.8 Å². The first-order valence-corrected chi connectivity index (χ1v) is 13.1. The molecule has 1 N–H and O–H groups in total. The van der Waals surface area contributed by atoms with Gasteiger partial charge in [-0.15, -0.1) is 0 Å². The molecule has 1 saturated heterocycles. The summed E-state index contributed by atoms with van der Waals surface area (Å²) in [7, 11) is 1.89. The average molecular weight is 548 g/mol. The van der Waals surface area contributed by atoms with E-state index in [1.807, 2.05) is 18.0 Å². The molecule has 0 bridgehead atoms. The largest absolute Gasteiger partial charge is 0.416 e. The van der Waals surface area contributed by atoms with E-state index in [1.54, 1.807) is 18.3 Å². The molecule has 1 amide bonds. The second kappa shape index (κ2) is 10.5. The van der Waals surface area contributed by atoms with Gasteiger partial charge in [0.2, 0.25) is 0 Å². The highest BCUT2D eigenvalue weighted by atomic mass is 35.5. The van der Waals surface area contributed by atoms with Crippen LogP contribution in [0.2, 0.25) is 5.02 Å². The predicted octanol–water partition coefficient (Wildman–Crippen LogP) is 5.85. The van der Waals surface area contributed by atoms with Crippen molar-refractivity contribution >= 4 is 50.9 Å². The van der Waals surface area contributed by atoms with Crippen LogP contribution in [0.25, 0.3) is 16.5 Å². The molecule has 2 aliphatic rings. The first kappa shape index (κ1) is 25.8. The van der Waals surface area contributed by atoms with E-state index in [0.717, 1.165) is 36.6 Å². The number of aliphatic imine (C=N–C) groups is 1. The van der Waals surface area contributed by atoms with Crippen molar-refractivity contribution in [2.75, 3.05) is 33.2 Å². The summed E-state index contributed by atoms with van der Waals surface area (Å²) < 4.78 is 41.7. The Morgan fingerprint density at radius 2 is 1.97 bits per heavy atom. The minimum absolute atomic E-state index is 0.00154. The molecule has 3 aromatic rings. The van der Waals surface area contributed by atoms with E-state index >= 15 is 0 Å². The fourth-order valence-electron chi connectivity index (χ4n) is 4.64. The summed E-state index contributed by atoms with van der Waals surface area (Å²) in [6, 6.07) is 9.15. The highest BCUT2D eigenvalue weighted by Gasteiger charge is 2.35. The quantitative estimate of drug-likeness (QED) is 0.392. The van der Waals surface area contributed by atoms with E-state index in [-0.39, 0.29) is 17.0 Å². The Kier molecular flexibility index (Phi) is 7.33. The maximum absolute atomic E-state index is 13.9. The lowest BCUT2D eigenvalue weighted by atomic mass is 9.93. The summed E-state index contributed by atoms with van der Waals surface area (Å²) in [4.78, 5) is 22.0. The van der Waals surface area contributed by atoms with Crippen LogP contribution < -0.4 is 0 Å². The molecule has 1 aromatic heterocycles. The number of likely N-dealkylation sites (tertiary alicyclic amines) is 1. The summed E-state index contributed by atoms with van der Waals surface area (Å²) in [5.41, 5.74) is 1.14. The number of amides is 1. The topological polar surface area (TPSA) is 64.6 Å². The first-order valence-electron chi connectivity index (χ1n) is 12.0. The summed E-state index contributed by atoms with van der Waals surface area (Å²) in [5.74, 6) is -0.446. The molecular weight excluding hydrogens is 523 g/mol. The number of likely N-dealkylation sites (N-methyl/N-ethyl adjacent to an activating group) is 1. The fraction of sp³-hybridized carbons (Fsp3) is 0.346. The van der Waals surface area contributed by atoms with Crippen LogP contribution in [0.1, 0.15) is 29.5 Å². The zero-order chi connectivity index (χ0) is 26.2. The summed E-state index contributed by atoms with van der Waals surface area (Å²) in [6.45, 7) is 3.72. The number of fused-ring (bicyclic) bond motifs is 1. The van der Waals surface area contributed by atoms with Crippen molar-refractivity contribution in [1.82, 2.24) is 20.0 Å². The van der Waals surface area contributed by atoms with Gasteiger partial charge >= 0.3 is 6.18 Å². The van der Waals surface area contributed by atoms with E-state index in [4.69, 9.17) is 11.6 Å². The average Bonchev–Trinajstić information content (AvgIpc) is 3.62. The number of allylic oxidation sites excluding steroid dienone is 1. The van der Waals surface area contributed by atoms with Crippen molar-refractivity contribution < 1.29 is 18.0 Å². The number of hydrogen-bond acceptors (Lipinski definition) is 5. The summed E-state index contributed by atoms with van der Waals surface area (Å²) >= 11 is 7.11. The lowest BCUT2D eigenvalue weighted by Gasteiger charge is -2.22. The van der Waals surface area contributed by atoms with E-state index in [2.05, 4.69) is 20.1 Å². The number of carbonyl (C=O) groups is 1. The fourth-order valence-corrected chi connectivity index (χ4v) is 5.82. The lowest BCUT2D eigenvalue weighted by molar-refractivity contribution is -0.138. The van der Waals surface area contributed by atoms with Crippen molar-refractivity contribution in [3.8, 4) is 0 Å². The Morgan fingerprint density at radius 1 is 1.19 bits per heavy atom. The number of thioether (sulfide) groups is 1. The molecule has 5 rings (SSSR count). The first-order chi connectivity index (χ1) is 17.7. The van der Waals surface area contributed by atoms with Crippen molar-refractivity contribution in [3.05, 3.63) is 69.2 Å². The maximum atomic E-state index is 13.9. The molecule has 2 aromatic carbocycles. The second-order valence-electron chi connectivity index (χ2n) is 9.23. The number of benzene rings is 2. The number of carbonyl (C=O) groups excluding carboxylic acids is 1. The number of amidine groups is 1. The van der Waals surface area contributed by atoms with Crippen molar-refractivity contribution in [2.24, 2.45) is 4.99 Å². The number of nitrogens with one attached hydrogen (secondary N) is 1. The Bertz CT molecular complexity index is 1390. The smallest absolute Gasteiger partial charge is 0.353 e. The van der Waals surface area contributed by atoms with E-state index in [1.165, 1.54) is 36.7 Å². The third-order valence-electron chi connectivity index (χ3n) is 6.67. The molecule has 11 heteroatoms. The number of alkyl halides is 3. The van der Waals surface area contributed by atoms with E-state index in [9.17, 15) is 18.0 Å². The normalized spacial score (nSPS) is 18.1. The van der Waals surface area contributed by atoms with E-state index < -0.39 is 17.6 Å². The molecule has 1 fully saturated rings. The molecule has 6 nitrogen and oxygen atoms in total. The molecule has 0 radical (unpaired) electrons. The molecule has 194 valence electrons.